The summed E-state index contributed by atoms with van der Waals surface area (Å²) in [5.41, 5.74) is 6.62. The van der Waals surface area contributed by atoms with Crippen molar-refractivity contribution in [1.82, 2.24) is 9.78 Å². The normalized spacial score (nSPS) is 14.4. The van der Waals surface area contributed by atoms with Gasteiger partial charge < -0.3 is 5.73 Å². The Labute approximate surface area is 104 Å². The Morgan fingerprint density at radius 3 is 2.56 bits per heavy atom. The fourth-order valence-corrected chi connectivity index (χ4v) is 2.89. The number of hydrogen-bond acceptors (Lipinski definition) is 4. The van der Waals surface area contributed by atoms with E-state index in [1.165, 1.54) is 6.26 Å². The van der Waals surface area contributed by atoms with Gasteiger partial charge in [-0.2, -0.15) is 5.10 Å². The summed E-state index contributed by atoms with van der Waals surface area (Å²) in [4.78, 5) is 0. The number of hydrogen-bond donors (Lipinski definition) is 1. The highest BCUT2D eigenvalue weighted by Crippen LogP contribution is 2.25. The fraction of sp³-hybridized carbons (Fsp3) is 0.667. The molecule has 2 N–H and O–H groups in total. The monoisotopic (exact) mass is 309 g/mol. The molecule has 0 radical (unpaired) electrons. The molecule has 0 spiro atoms. The Hall–Kier alpha value is -0.400. The van der Waals surface area contributed by atoms with Crippen LogP contribution in [-0.2, 0) is 9.84 Å². The van der Waals surface area contributed by atoms with Crippen molar-refractivity contribution < 1.29 is 8.42 Å². The molecule has 1 atom stereocenters. The van der Waals surface area contributed by atoms with E-state index in [1.54, 1.807) is 10.9 Å². The third-order valence-electron chi connectivity index (χ3n) is 2.11. The number of aromatic nitrogens is 2. The molecule has 0 amide bonds. The lowest BCUT2D eigenvalue weighted by molar-refractivity contribution is 0.492. The van der Waals surface area contributed by atoms with Crippen LogP contribution in [0.5, 0.6) is 0 Å². The average Bonchev–Trinajstić information content (AvgIpc) is 2.43. The molecule has 0 aromatic carbocycles. The van der Waals surface area contributed by atoms with Crippen molar-refractivity contribution in [1.29, 1.82) is 0 Å². The summed E-state index contributed by atoms with van der Waals surface area (Å²) < 4.78 is 24.9. The standard InChI is InChI=1S/C9H16BrN3O2S/c1-6(2)13-9(7(10)4-12-13)8(11)5-16(3,14)15/h4,6,8H,5,11H2,1-3H3. The highest BCUT2D eigenvalue weighted by atomic mass is 79.9. The Morgan fingerprint density at radius 2 is 2.12 bits per heavy atom. The van der Waals surface area contributed by atoms with E-state index in [1.807, 2.05) is 13.8 Å². The molecular weight excluding hydrogens is 294 g/mol. The van der Waals surface area contributed by atoms with Gasteiger partial charge in [-0.1, -0.05) is 0 Å². The second kappa shape index (κ2) is 4.85. The molecular formula is C9H16BrN3O2S. The Kier molecular flexibility index (Phi) is 4.14. The van der Waals surface area contributed by atoms with Crippen molar-refractivity contribution in [3.63, 3.8) is 0 Å². The topological polar surface area (TPSA) is 78.0 Å². The molecule has 1 heterocycles. The van der Waals surface area contributed by atoms with Gasteiger partial charge in [-0.15, -0.1) is 0 Å². The first kappa shape index (κ1) is 13.7. The fourth-order valence-electron chi connectivity index (χ4n) is 1.51. The summed E-state index contributed by atoms with van der Waals surface area (Å²) in [5.74, 6) is -0.0794. The van der Waals surface area contributed by atoms with E-state index in [4.69, 9.17) is 5.73 Å². The molecule has 1 aromatic rings. The summed E-state index contributed by atoms with van der Waals surface area (Å²) in [6.45, 7) is 3.94. The van der Waals surface area contributed by atoms with E-state index in [9.17, 15) is 8.42 Å². The van der Waals surface area contributed by atoms with Gasteiger partial charge in [0.05, 0.1) is 28.2 Å². The summed E-state index contributed by atoms with van der Waals surface area (Å²) in [5, 5.41) is 4.16. The predicted octanol–water partition coefficient (Wildman–Crippen LogP) is 1.27. The zero-order chi connectivity index (χ0) is 12.5. The second-order valence-electron chi connectivity index (χ2n) is 4.11. The maximum Gasteiger partial charge on any atom is 0.149 e. The van der Waals surface area contributed by atoms with E-state index >= 15 is 0 Å². The predicted molar refractivity (Wildman–Crippen MR) is 67.0 cm³/mol. The quantitative estimate of drug-likeness (QED) is 0.908. The van der Waals surface area contributed by atoms with Gasteiger partial charge in [-0.05, 0) is 29.8 Å². The number of nitrogens with two attached hydrogens (primary N) is 1. The molecule has 0 aliphatic carbocycles. The maximum atomic E-state index is 11.2. The minimum Gasteiger partial charge on any atom is -0.322 e. The SMILES string of the molecule is CC(C)n1ncc(Br)c1C(N)CS(C)(=O)=O. The minimum absolute atomic E-state index is 0.0794. The van der Waals surface area contributed by atoms with E-state index < -0.39 is 15.9 Å². The third-order valence-corrected chi connectivity index (χ3v) is 3.69. The van der Waals surface area contributed by atoms with Crippen molar-refractivity contribution in [2.24, 2.45) is 5.73 Å². The van der Waals surface area contributed by atoms with Crippen LogP contribution in [0.2, 0.25) is 0 Å². The van der Waals surface area contributed by atoms with E-state index in [-0.39, 0.29) is 11.8 Å². The summed E-state index contributed by atoms with van der Waals surface area (Å²) in [7, 11) is -3.10. The van der Waals surface area contributed by atoms with Gasteiger partial charge in [0.1, 0.15) is 9.84 Å². The van der Waals surface area contributed by atoms with Gasteiger partial charge >= 0.3 is 0 Å². The molecule has 0 fully saturated rings. The molecule has 92 valence electrons. The highest BCUT2D eigenvalue weighted by molar-refractivity contribution is 9.10. The zero-order valence-electron chi connectivity index (χ0n) is 9.51. The first-order valence-electron chi connectivity index (χ1n) is 4.88. The smallest absolute Gasteiger partial charge is 0.149 e. The van der Waals surface area contributed by atoms with Gasteiger partial charge in [0.15, 0.2) is 0 Å². The zero-order valence-corrected chi connectivity index (χ0v) is 11.9. The molecule has 16 heavy (non-hydrogen) atoms. The van der Waals surface area contributed by atoms with E-state index in [0.717, 1.165) is 10.2 Å². The van der Waals surface area contributed by atoms with E-state index in [0.29, 0.717) is 0 Å². The summed E-state index contributed by atoms with van der Waals surface area (Å²) in [6, 6.07) is -0.416. The Morgan fingerprint density at radius 1 is 1.56 bits per heavy atom. The minimum atomic E-state index is -3.10. The molecule has 7 heteroatoms. The van der Waals surface area contributed by atoms with Crippen LogP contribution in [0.15, 0.2) is 10.7 Å². The van der Waals surface area contributed by atoms with Gasteiger partial charge in [0.2, 0.25) is 0 Å². The van der Waals surface area contributed by atoms with Gasteiger partial charge in [0, 0.05) is 12.3 Å². The maximum absolute atomic E-state index is 11.2. The first-order chi connectivity index (χ1) is 7.22. The first-order valence-corrected chi connectivity index (χ1v) is 7.74. The number of halogens is 1. The summed E-state index contributed by atoms with van der Waals surface area (Å²) in [6.07, 6.45) is 2.81. The average molecular weight is 310 g/mol. The molecule has 0 bridgehead atoms. The molecule has 1 rings (SSSR count). The third kappa shape index (κ3) is 3.29. The molecule has 5 nitrogen and oxygen atoms in total. The van der Waals surface area contributed by atoms with Crippen LogP contribution in [-0.4, -0.2) is 30.2 Å². The number of nitrogens with zero attached hydrogens (tertiary/aromatic N) is 2. The molecule has 0 saturated heterocycles. The Bertz CT molecular complexity index is 467. The largest absolute Gasteiger partial charge is 0.322 e. The van der Waals surface area contributed by atoms with Crippen LogP contribution in [0.25, 0.3) is 0 Å². The van der Waals surface area contributed by atoms with Crippen molar-refractivity contribution in [2.45, 2.75) is 25.9 Å². The lowest BCUT2D eigenvalue weighted by Gasteiger charge is -2.16. The second-order valence-corrected chi connectivity index (χ2v) is 7.15. The van der Waals surface area contributed by atoms with Crippen molar-refractivity contribution in [2.75, 3.05) is 12.0 Å². The van der Waals surface area contributed by atoms with Crippen LogP contribution in [0.3, 0.4) is 0 Å². The van der Waals surface area contributed by atoms with Crippen molar-refractivity contribution in [3.8, 4) is 0 Å². The number of sulfone groups is 1. The molecule has 1 unspecified atom stereocenters. The molecule has 0 aliphatic rings. The highest BCUT2D eigenvalue weighted by Gasteiger charge is 2.21. The van der Waals surface area contributed by atoms with Crippen molar-refractivity contribution in [3.05, 3.63) is 16.4 Å². The Balaban J connectivity index is 3.07. The van der Waals surface area contributed by atoms with Crippen LogP contribution in [0, 0.1) is 0 Å². The lowest BCUT2D eigenvalue weighted by Crippen LogP contribution is -2.25. The molecule has 0 saturated carbocycles. The van der Waals surface area contributed by atoms with Gasteiger partial charge in [-0.25, -0.2) is 8.42 Å². The van der Waals surface area contributed by atoms with Gasteiger partial charge in [-0.3, -0.25) is 4.68 Å². The van der Waals surface area contributed by atoms with Crippen LogP contribution in [0.4, 0.5) is 0 Å². The molecule has 0 aliphatic heterocycles. The van der Waals surface area contributed by atoms with Crippen LogP contribution >= 0.6 is 15.9 Å². The lowest BCUT2D eigenvalue weighted by atomic mass is 10.2. The van der Waals surface area contributed by atoms with E-state index in [2.05, 4.69) is 21.0 Å². The van der Waals surface area contributed by atoms with Crippen LogP contribution in [0.1, 0.15) is 31.6 Å². The molecule has 1 aromatic heterocycles. The summed E-state index contributed by atoms with van der Waals surface area (Å²) >= 11 is 3.34. The van der Waals surface area contributed by atoms with Crippen LogP contribution < -0.4 is 5.73 Å². The number of rotatable bonds is 4. The van der Waals surface area contributed by atoms with Gasteiger partial charge in [0.25, 0.3) is 0 Å². The van der Waals surface area contributed by atoms with Crippen molar-refractivity contribution >= 4 is 25.8 Å².